The summed E-state index contributed by atoms with van der Waals surface area (Å²) in [5, 5.41) is 0. The Kier molecular flexibility index (Phi) is 3.02. The summed E-state index contributed by atoms with van der Waals surface area (Å²) in [5.41, 5.74) is 12.3. The van der Waals surface area contributed by atoms with Crippen LogP contribution in [0.2, 0.25) is 0 Å². The number of methoxy groups -OCH3 is 1. The average molecular weight is 343 g/mol. The van der Waals surface area contributed by atoms with Gasteiger partial charge in [-0.1, -0.05) is 0 Å². The quantitative estimate of drug-likeness (QED) is 0.728. The van der Waals surface area contributed by atoms with Gasteiger partial charge in [0, 0.05) is 0 Å². The molecule has 2 heterocycles. The molecule has 0 fully saturated rings. The van der Waals surface area contributed by atoms with Gasteiger partial charge in [-0.2, -0.15) is 0 Å². The zero-order chi connectivity index (χ0) is 14.4. The Hall–Kier alpha value is -1.77. The minimum absolute atomic E-state index is 0.249. The molecule has 0 bridgehead atoms. The molecule has 0 radical (unpaired) electrons. The van der Waals surface area contributed by atoms with Crippen LogP contribution in [0.25, 0.3) is 19.8 Å². The zero-order valence-corrected chi connectivity index (χ0v) is 13.6. The van der Waals surface area contributed by atoms with Crippen LogP contribution in [0.5, 0.6) is 5.75 Å². The molecule has 0 spiro atoms. The number of pyridine rings is 1. The number of benzene rings is 1. The molecule has 0 aliphatic heterocycles. The first-order valence-electron chi connectivity index (χ1n) is 7.11. The maximum atomic E-state index is 6.39. The Morgan fingerprint density at radius 2 is 2.00 bits per heavy atom. The topological polar surface area (TPSA) is 48.1 Å². The number of aryl methyl sites for hydroxylation is 1. The molecule has 3 aromatic rings. The number of ether oxygens (including phenoxy) is 1. The van der Waals surface area contributed by atoms with E-state index in [-0.39, 0.29) is 14.5 Å². The van der Waals surface area contributed by atoms with Gasteiger partial charge in [-0.25, -0.2) is 0 Å². The summed E-state index contributed by atoms with van der Waals surface area (Å²) in [5.74, 6) is 0.888. The Balaban J connectivity index is 1.85. The van der Waals surface area contributed by atoms with Crippen molar-refractivity contribution in [1.82, 2.24) is 4.98 Å². The van der Waals surface area contributed by atoms with Crippen LogP contribution in [0, 0.1) is 0 Å². The third-order valence-corrected chi connectivity index (χ3v) is 6.63. The molecule has 1 aromatic carbocycles. The number of anilines is 1. The van der Waals surface area contributed by atoms with E-state index in [1.54, 1.807) is 7.11 Å². The zero-order valence-electron chi connectivity index (χ0n) is 11.8. The fourth-order valence-corrected chi connectivity index (χ4v) is 5.26. The Bertz CT molecular complexity index is 821. The van der Waals surface area contributed by atoms with Gasteiger partial charge in [-0.3, -0.25) is 0 Å². The van der Waals surface area contributed by atoms with Crippen LogP contribution in [0.3, 0.4) is 0 Å². The van der Waals surface area contributed by atoms with E-state index < -0.39 is 0 Å². The molecule has 0 saturated heterocycles. The third kappa shape index (κ3) is 2.06. The molecule has 21 heavy (non-hydrogen) atoms. The van der Waals surface area contributed by atoms with Gasteiger partial charge in [0.15, 0.2) is 0 Å². The summed E-state index contributed by atoms with van der Waals surface area (Å²) in [6.45, 7) is 0. The van der Waals surface area contributed by atoms with Crippen LogP contribution in [0.4, 0.5) is 5.69 Å². The standard InChI is InChI=1S/C17H16N2OSe/c1-20-11-7-5-10(6-8-11)15-9-14-17(21-15)16(18)12-3-2-4-13(12)19-14/h5-9H,2-4H2,1H3,(H2,18,19). The van der Waals surface area contributed by atoms with Crippen molar-refractivity contribution in [3.05, 3.63) is 41.6 Å². The summed E-state index contributed by atoms with van der Waals surface area (Å²) in [6, 6.07) is 10.5. The van der Waals surface area contributed by atoms with Crippen molar-refractivity contribution in [2.45, 2.75) is 19.3 Å². The van der Waals surface area contributed by atoms with Crippen LogP contribution in [-0.2, 0) is 12.8 Å². The second-order valence-corrected chi connectivity index (χ2v) is 7.57. The second kappa shape index (κ2) is 4.90. The fraction of sp³-hybridized carbons (Fsp3) is 0.235. The number of hydrogen-bond donors (Lipinski definition) is 1. The molecule has 0 unspecified atom stereocenters. The minimum atomic E-state index is 0.249. The Labute approximate surface area is 129 Å². The number of hydrogen-bond acceptors (Lipinski definition) is 3. The maximum absolute atomic E-state index is 6.39. The van der Waals surface area contributed by atoms with E-state index >= 15 is 0 Å². The van der Waals surface area contributed by atoms with Crippen molar-refractivity contribution >= 4 is 30.0 Å². The van der Waals surface area contributed by atoms with Gasteiger partial charge in [0.25, 0.3) is 0 Å². The fourth-order valence-electron chi connectivity index (χ4n) is 2.98. The van der Waals surface area contributed by atoms with Crippen LogP contribution in [0.1, 0.15) is 17.7 Å². The first-order valence-corrected chi connectivity index (χ1v) is 8.83. The molecule has 106 valence electrons. The third-order valence-electron chi connectivity index (χ3n) is 4.10. The summed E-state index contributed by atoms with van der Waals surface area (Å²) in [6.07, 6.45) is 3.36. The molecule has 1 aliphatic rings. The number of fused-ring (bicyclic) bond motifs is 2. The molecule has 4 heteroatoms. The monoisotopic (exact) mass is 344 g/mol. The number of nitrogens with zero attached hydrogens (tertiary/aromatic N) is 1. The number of nitrogen functional groups attached to an aromatic ring is 1. The average Bonchev–Trinajstić information content (AvgIpc) is 3.14. The van der Waals surface area contributed by atoms with Crippen molar-refractivity contribution in [1.29, 1.82) is 0 Å². The van der Waals surface area contributed by atoms with Crippen LogP contribution in [0.15, 0.2) is 30.3 Å². The van der Waals surface area contributed by atoms with Crippen molar-refractivity contribution in [2.75, 3.05) is 12.8 Å². The SMILES string of the molecule is COc1ccc(-c2cc3nc4c(c(N)c3[se]2)CCC4)cc1. The second-order valence-electron chi connectivity index (χ2n) is 5.36. The van der Waals surface area contributed by atoms with Crippen LogP contribution >= 0.6 is 0 Å². The van der Waals surface area contributed by atoms with E-state index in [0.717, 1.165) is 29.8 Å². The first kappa shape index (κ1) is 12.9. The Morgan fingerprint density at radius 3 is 2.76 bits per heavy atom. The summed E-state index contributed by atoms with van der Waals surface area (Å²) in [4.78, 5) is 4.84. The van der Waals surface area contributed by atoms with Gasteiger partial charge in [0.1, 0.15) is 0 Å². The molecule has 1 aliphatic carbocycles. The van der Waals surface area contributed by atoms with Crippen LogP contribution < -0.4 is 10.5 Å². The number of nitrogens with two attached hydrogens (primary N) is 1. The van der Waals surface area contributed by atoms with E-state index in [0.29, 0.717) is 0 Å². The number of aromatic nitrogens is 1. The molecule has 3 nitrogen and oxygen atoms in total. The van der Waals surface area contributed by atoms with Gasteiger partial charge in [0.2, 0.25) is 0 Å². The normalized spacial score (nSPS) is 13.6. The van der Waals surface area contributed by atoms with Crippen molar-refractivity contribution in [3.8, 4) is 15.8 Å². The number of rotatable bonds is 2. The molecular formula is C17H16N2OSe. The summed E-state index contributed by atoms with van der Waals surface area (Å²) < 4.78 is 7.84. The molecule has 0 amide bonds. The summed E-state index contributed by atoms with van der Waals surface area (Å²) >= 11 is 0.249. The van der Waals surface area contributed by atoms with E-state index in [9.17, 15) is 0 Å². The van der Waals surface area contributed by atoms with Gasteiger partial charge in [-0.15, -0.1) is 0 Å². The predicted molar refractivity (Wildman–Crippen MR) is 87.1 cm³/mol. The van der Waals surface area contributed by atoms with Gasteiger partial charge in [0.05, 0.1) is 0 Å². The molecule has 2 N–H and O–H groups in total. The van der Waals surface area contributed by atoms with Gasteiger partial charge >= 0.3 is 129 Å². The van der Waals surface area contributed by atoms with E-state index in [2.05, 4.69) is 18.2 Å². The molecule has 4 rings (SSSR count). The first-order chi connectivity index (χ1) is 10.3. The molecular weight excluding hydrogens is 327 g/mol. The van der Waals surface area contributed by atoms with E-state index in [1.165, 1.54) is 31.9 Å². The van der Waals surface area contributed by atoms with Gasteiger partial charge < -0.3 is 0 Å². The molecule has 2 aromatic heterocycles. The molecule has 0 saturated carbocycles. The Morgan fingerprint density at radius 1 is 1.19 bits per heavy atom. The van der Waals surface area contributed by atoms with Gasteiger partial charge in [-0.05, 0) is 0 Å². The van der Waals surface area contributed by atoms with Crippen molar-refractivity contribution in [2.24, 2.45) is 0 Å². The summed E-state index contributed by atoms with van der Waals surface area (Å²) in [7, 11) is 1.69. The molecule has 0 atom stereocenters. The van der Waals surface area contributed by atoms with E-state index in [1.807, 2.05) is 12.1 Å². The van der Waals surface area contributed by atoms with E-state index in [4.69, 9.17) is 15.5 Å². The van der Waals surface area contributed by atoms with Crippen molar-refractivity contribution < 1.29 is 4.74 Å². The van der Waals surface area contributed by atoms with Crippen molar-refractivity contribution in [3.63, 3.8) is 0 Å². The predicted octanol–water partition coefficient (Wildman–Crippen LogP) is 3.04. The van der Waals surface area contributed by atoms with Crippen LogP contribution in [-0.4, -0.2) is 26.6 Å².